The Morgan fingerprint density at radius 1 is 0.736 bits per heavy atom. The van der Waals surface area contributed by atoms with Gasteiger partial charge in [-0.1, -0.05) is 82.3 Å². The van der Waals surface area contributed by atoms with Crippen LogP contribution in [0, 0.1) is 0 Å². The summed E-state index contributed by atoms with van der Waals surface area (Å²) < 4.78 is 0. The van der Waals surface area contributed by atoms with Crippen LogP contribution in [0.15, 0.2) is 85.1 Å². The number of phenolic OH excluding ortho intramolecular Hbond substituents is 1. The Bertz CT molecular complexity index is 2450. The molecule has 1 aromatic heterocycles. The fraction of sp³-hybridized carbons (Fsp3) is 0.449. The van der Waals surface area contributed by atoms with Gasteiger partial charge < -0.3 is 74.1 Å². The van der Waals surface area contributed by atoms with Crippen molar-refractivity contribution in [2.75, 3.05) is 24.7 Å². The lowest BCUT2D eigenvalue weighted by atomic mass is 10.0. The minimum Gasteiger partial charge on any atom is -0.508 e. The molecule has 2 heterocycles. The molecule has 5 rings (SSSR count). The van der Waals surface area contributed by atoms with E-state index in [1.807, 2.05) is 24.3 Å². The van der Waals surface area contributed by atoms with Crippen LogP contribution in [0.1, 0.15) is 49.8 Å². The number of hydrogen-bond acceptors (Lipinski definition) is 15. The number of benzene rings is 3. The van der Waals surface area contributed by atoms with Crippen LogP contribution in [-0.2, 0) is 52.8 Å². The molecule has 1 aliphatic rings. The number of fused-ring (bicyclic) bond motifs is 1. The molecule has 4 aromatic rings. The molecule has 0 saturated carbocycles. The molecule has 1 fully saturated rings. The van der Waals surface area contributed by atoms with Gasteiger partial charge in [-0.05, 0) is 81.0 Å². The van der Waals surface area contributed by atoms with Gasteiger partial charge in [-0.15, -0.1) is 0 Å². The summed E-state index contributed by atoms with van der Waals surface area (Å²) in [5.41, 5.74) is 14.8. The number of hydrogen-bond donors (Lipinski definition) is 14. The molecule has 0 radical (unpaired) electrons. The van der Waals surface area contributed by atoms with Crippen LogP contribution in [0.4, 0.5) is 0 Å². The van der Waals surface area contributed by atoms with E-state index in [-0.39, 0.29) is 49.5 Å². The van der Waals surface area contributed by atoms with Gasteiger partial charge in [-0.2, -0.15) is 0 Å². The van der Waals surface area contributed by atoms with Crippen molar-refractivity contribution in [1.29, 1.82) is 0 Å². The Morgan fingerprint density at radius 2 is 1.36 bits per heavy atom. The number of aliphatic hydroxyl groups excluding tert-OH is 3. The summed E-state index contributed by atoms with van der Waals surface area (Å²) in [5.74, 6) is -6.33. The topological polar surface area (TPSA) is 352 Å². The number of rotatable bonds is 17. The zero-order valence-corrected chi connectivity index (χ0v) is 41.7. The lowest BCUT2D eigenvalue weighted by Gasteiger charge is -2.29. The lowest BCUT2D eigenvalue weighted by Crippen LogP contribution is -2.62. The summed E-state index contributed by atoms with van der Waals surface area (Å²) in [5, 5.41) is 60.4. The fourth-order valence-corrected chi connectivity index (χ4v) is 10.1. The van der Waals surface area contributed by atoms with Crippen LogP contribution in [-0.4, -0.2) is 152 Å². The largest absolute Gasteiger partial charge is 0.508 e. The van der Waals surface area contributed by atoms with E-state index in [1.165, 1.54) is 26.0 Å². The fourth-order valence-electron chi connectivity index (χ4n) is 7.75. The summed E-state index contributed by atoms with van der Waals surface area (Å²) in [7, 11) is 2.01. The summed E-state index contributed by atoms with van der Waals surface area (Å²) in [6, 6.07) is 11.3. The number of amides is 7. The number of nitrogens with two attached hydrogens (primary N) is 2. The van der Waals surface area contributed by atoms with Gasteiger partial charge >= 0.3 is 0 Å². The van der Waals surface area contributed by atoms with Crippen molar-refractivity contribution in [3.8, 4) is 5.75 Å². The first-order chi connectivity index (χ1) is 34.5. The van der Waals surface area contributed by atoms with Crippen molar-refractivity contribution in [3.05, 3.63) is 102 Å². The lowest BCUT2D eigenvalue weighted by molar-refractivity contribution is -0.136. The van der Waals surface area contributed by atoms with Crippen LogP contribution in [0.25, 0.3) is 10.9 Å². The van der Waals surface area contributed by atoms with Crippen molar-refractivity contribution >= 4 is 73.8 Å². The van der Waals surface area contributed by atoms with Gasteiger partial charge in [0, 0.05) is 41.4 Å². The highest BCUT2D eigenvalue weighted by molar-refractivity contribution is 8.76. The molecule has 0 spiro atoms. The van der Waals surface area contributed by atoms with Crippen LogP contribution in [0.5, 0.6) is 5.75 Å². The van der Waals surface area contributed by atoms with E-state index >= 15 is 0 Å². The Kier molecular flexibility index (Phi) is 22.2. The SMILES string of the molecule is C[C@H](O)[C@H](CO)NC(=O)[C@@H]1CSSC[C@H](NC(=O)[C@@H](N)Cc2ccccc2)C(=O)N[C@@H](Cc2ccc(O)cc2)C(=O)N[C@H](Cc2c[nH]c3ccccc23)C(=O)N[C@@H](CCCCN)C(=O)NC([C@@H](C)O)C(=O)N1. The van der Waals surface area contributed by atoms with E-state index in [0.717, 1.165) is 38.1 Å². The number of para-hydroxylation sites is 1. The number of carbonyl (C=O) groups excluding carboxylic acids is 7. The maximum absolute atomic E-state index is 14.7. The molecule has 1 unspecified atom stereocenters. The van der Waals surface area contributed by atoms with E-state index in [1.54, 1.807) is 48.7 Å². The number of unbranched alkanes of at least 4 members (excludes halogenated alkanes) is 1. The molecular formula is C49H66N10O11S2. The summed E-state index contributed by atoms with van der Waals surface area (Å²) >= 11 is 0. The second-order valence-corrected chi connectivity index (χ2v) is 20.2. The van der Waals surface area contributed by atoms with Crippen molar-refractivity contribution in [2.24, 2.45) is 11.5 Å². The summed E-state index contributed by atoms with van der Waals surface area (Å²) in [6.45, 7) is 2.18. The summed E-state index contributed by atoms with van der Waals surface area (Å²) in [4.78, 5) is 103. The minimum absolute atomic E-state index is 0.0130. The maximum Gasteiger partial charge on any atom is 0.245 e. The normalized spacial score (nSPS) is 22.7. The number of aromatic nitrogens is 1. The third kappa shape index (κ3) is 17.0. The van der Waals surface area contributed by atoms with Gasteiger partial charge in [0.15, 0.2) is 0 Å². The van der Waals surface area contributed by atoms with Gasteiger partial charge in [-0.3, -0.25) is 33.6 Å². The number of nitrogens with one attached hydrogen (secondary N) is 8. The van der Waals surface area contributed by atoms with Crippen molar-refractivity contribution in [2.45, 2.75) is 113 Å². The number of H-pyrrole nitrogens is 1. The number of phenols is 1. The third-order valence-corrected chi connectivity index (χ3v) is 14.4. The smallest absolute Gasteiger partial charge is 0.245 e. The van der Waals surface area contributed by atoms with E-state index in [9.17, 15) is 54.0 Å². The number of aliphatic hydroxyl groups is 3. The molecule has 0 aliphatic carbocycles. The van der Waals surface area contributed by atoms with Crippen molar-refractivity contribution in [1.82, 2.24) is 42.2 Å². The molecule has 3 aromatic carbocycles. The highest BCUT2D eigenvalue weighted by atomic mass is 33.1. The van der Waals surface area contributed by atoms with Crippen LogP contribution >= 0.6 is 21.6 Å². The first kappa shape index (κ1) is 56.7. The van der Waals surface area contributed by atoms with Crippen LogP contribution in [0.2, 0.25) is 0 Å². The van der Waals surface area contributed by atoms with Crippen molar-refractivity contribution < 1.29 is 54.0 Å². The van der Waals surface area contributed by atoms with Gasteiger partial charge in [0.25, 0.3) is 0 Å². The van der Waals surface area contributed by atoms with E-state index < -0.39 is 108 Å². The van der Waals surface area contributed by atoms with Crippen LogP contribution < -0.4 is 48.7 Å². The molecule has 72 heavy (non-hydrogen) atoms. The van der Waals surface area contributed by atoms with E-state index in [0.29, 0.717) is 24.0 Å². The first-order valence-corrected chi connectivity index (χ1v) is 26.1. The molecule has 23 heteroatoms. The standard InChI is InChI=1S/C49H66N10O11S2/c1-27(61)39(24-60)56-48(69)41-26-72-71-25-40(57-43(64)34(51)20-29-10-4-3-5-11-29)47(68)54-37(21-30-15-17-32(63)18-16-30)45(66)55-38(22-31-23-52-35-13-7-6-12-33(31)35)46(67)53-36(14-8-9-19-50)44(65)59-42(28(2)62)49(70)58-41/h3-7,10-13,15-18,23,27-28,34,36-42,52,60-63H,8-9,14,19-22,24-26,50-51H2,1-2H3,(H,53,67)(H,54,68)(H,55,66)(H,56,69)(H,57,64)(H,58,70)(H,59,65)/t27-,28+,34-,36-,37-,38+,39-,40-,41-,42?/m0/s1. The van der Waals surface area contributed by atoms with Gasteiger partial charge in [-0.25, -0.2) is 0 Å². The van der Waals surface area contributed by atoms with E-state index in [2.05, 4.69) is 42.2 Å². The van der Waals surface area contributed by atoms with Gasteiger partial charge in [0.1, 0.15) is 42.0 Å². The zero-order chi connectivity index (χ0) is 52.3. The Hall–Kier alpha value is -6.21. The zero-order valence-electron chi connectivity index (χ0n) is 40.0. The molecule has 390 valence electrons. The van der Waals surface area contributed by atoms with Gasteiger partial charge in [0.05, 0.1) is 30.9 Å². The highest BCUT2D eigenvalue weighted by Crippen LogP contribution is 2.24. The Balaban J connectivity index is 1.57. The number of aromatic amines is 1. The van der Waals surface area contributed by atoms with Crippen molar-refractivity contribution in [3.63, 3.8) is 0 Å². The van der Waals surface area contributed by atoms with E-state index in [4.69, 9.17) is 11.5 Å². The molecule has 0 bridgehead atoms. The average molecular weight is 1040 g/mol. The molecule has 7 amide bonds. The number of carbonyl (C=O) groups is 7. The molecule has 1 aliphatic heterocycles. The molecule has 1 saturated heterocycles. The first-order valence-electron chi connectivity index (χ1n) is 23.6. The second-order valence-electron chi connectivity index (χ2n) is 17.7. The quantitative estimate of drug-likeness (QED) is 0.0441. The third-order valence-electron chi connectivity index (χ3n) is 11.9. The Labute approximate surface area is 424 Å². The average Bonchev–Trinajstić information content (AvgIpc) is 3.77. The molecular weight excluding hydrogens is 969 g/mol. The molecule has 10 atom stereocenters. The minimum atomic E-state index is -1.68. The highest BCUT2D eigenvalue weighted by Gasteiger charge is 2.36. The molecule has 21 nitrogen and oxygen atoms in total. The molecule has 16 N–H and O–H groups in total. The number of aromatic hydroxyl groups is 1. The predicted octanol–water partition coefficient (Wildman–Crippen LogP) is -1.10. The van der Waals surface area contributed by atoms with Gasteiger partial charge in [0.2, 0.25) is 41.4 Å². The monoisotopic (exact) mass is 1030 g/mol. The van der Waals surface area contributed by atoms with Crippen LogP contribution in [0.3, 0.4) is 0 Å². The second kappa shape index (κ2) is 28.1. The Morgan fingerprint density at radius 3 is 2.03 bits per heavy atom. The summed E-state index contributed by atoms with van der Waals surface area (Å²) in [6.07, 6.45) is -0.426. The maximum atomic E-state index is 14.7. The predicted molar refractivity (Wildman–Crippen MR) is 274 cm³/mol.